The predicted molar refractivity (Wildman–Crippen MR) is 94.6 cm³/mol. The number of sulfone groups is 1. The Labute approximate surface area is 146 Å². The second-order valence-corrected chi connectivity index (χ2v) is 8.50. The molecule has 0 aliphatic carbocycles. The summed E-state index contributed by atoms with van der Waals surface area (Å²) >= 11 is 0. The number of aromatic nitrogens is 2. The fraction of sp³-hybridized carbons (Fsp3) is 0.412. The van der Waals surface area contributed by atoms with Crippen LogP contribution >= 0.6 is 0 Å². The number of aryl methyl sites for hydroxylation is 2. The number of benzene rings is 1. The molecule has 1 aliphatic heterocycles. The van der Waals surface area contributed by atoms with E-state index in [0.29, 0.717) is 18.0 Å². The topological polar surface area (TPSA) is 90.3 Å². The molecular weight excluding hydrogens is 342 g/mol. The Morgan fingerprint density at radius 2 is 2.12 bits per heavy atom. The summed E-state index contributed by atoms with van der Waals surface area (Å²) in [5.74, 6) is 1.05. The Bertz CT molecular complexity index is 889. The first-order chi connectivity index (χ1) is 11.8. The average Bonchev–Trinajstić information content (AvgIpc) is 3.08. The molecule has 7 nitrogen and oxygen atoms in total. The van der Waals surface area contributed by atoms with Gasteiger partial charge in [-0.3, -0.25) is 4.79 Å². The van der Waals surface area contributed by atoms with Crippen LogP contribution in [0.3, 0.4) is 0 Å². The van der Waals surface area contributed by atoms with Crippen molar-refractivity contribution >= 4 is 21.6 Å². The van der Waals surface area contributed by atoms with Crippen LogP contribution in [0.4, 0.5) is 5.82 Å². The second kappa shape index (κ2) is 6.87. The van der Waals surface area contributed by atoms with E-state index in [-0.39, 0.29) is 30.1 Å². The third-order valence-corrected chi connectivity index (χ3v) is 5.88. The van der Waals surface area contributed by atoms with Gasteiger partial charge in [0.1, 0.15) is 11.6 Å². The summed E-state index contributed by atoms with van der Waals surface area (Å²) in [6.45, 7) is 3.59. The molecule has 8 heteroatoms. The minimum Gasteiger partial charge on any atom is -0.483 e. The van der Waals surface area contributed by atoms with Gasteiger partial charge >= 0.3 is 0 Å². The van der Waals surface area contributed by atoms with Crippen molar-refractivity contribution in [2.45, 2.75) is 26.3 Å². The number of anilines is 1. The van der Waals surface area contributed by atoms with E-state index in [2.05, 4.69) is 10.4 Å². The average molecular weight is 363 g/mol. The van der Waals surface area contributed by atoms with E-state index < -0.39 is 9.84 Å². The first kappa shape index (κ1) is 17.5. The van der Waals surface area contributed by atoms with Gasteiger partial charge in [0, 0.05) is 6.07 Å². The van der Waals surface area contributed by atoms with Gasteiger partial charge in [0.05, 0.1) is 23.2 Å². The Balaban J connectivity index is 1.67. The first-order valence-corrected chi connectivity index (χ1v) is 9.91. The Kier molecular flexibility index (Phi) is 4.80. The summed E-state index contributed by atoms with van der Waals surface area (Å²) in [5, 5.41) is 7.11. The number of rotatable bonds is 5. The van der Waals surface area contributed by atoms with Gasteiger partial charge in [0.2, 0.25) is 0 Å². The maximum Gasteiger partial charge on any atom is 0.263 e. The number of hydrogen-bond acceptors (Lipinski definition) is 5. The monoisotopic (exact) mass is 363 g/mol. The van der Waals surface area contributed by atoms with Crippen molar-refractivity contribution in [1.29, 1.82) is 0 Å². The smallest absolute Gasteiger partial charge is 0.263 e. The fourth-order valence-corrected chi connectivity index (χ4v) is 4.59. The van der Waals surface area contributed by atoms with Crippen molar-refractivity contribution in [2.24, 2.45) is 0 Å². The zero-order valence-electron chi connectivity index (χ0n) is 14.2. The van der Waals surface area contributed by atoms with Crippen molar-refractivity contribution in [3.05, 3.63) is 41.6 Å². The normalized spacial score (nSPS) is 18.9. The SMILES string of the molecule is Cc1cc(NC(=O)COc2ccccc2C)n([C@H]2CCS(=O)(=O)C2)n1. The highest BCUT2D eigenvalue weighted by molar-refractivity contribution is 7.91. The number of ether oxygens (including phenoxy) is 1. The van der Waals surface area contributed by atoms with Gasteiger partial charge in [-0.1, -0.05) is 18.2 Å². The molecule has 3 rings (SSSR count). The summed E-state index contributed by atoms with van der Waals surface area (Å²) in [6.07, 6.45) is 0.506. The quantitative estimate of drug-likeness (QED) is 0.876. The third kappa shape index (κ3) is 4.19. The van der Waals surface area contributed by atoms with Crippen LogP contribution in [0.1, 0.15) is 23.7 Å². The molecule has 1 aromatic carbocycles. The second-order valence-electron chi connectivity index (χ2n) is 6.27. The molecule has 25 heavy (non-hydrogen) atoms. The summed E-state index contributed by atoms with van der Waals surface area (Å²) in [4.78, 5) is 12.2. The minimum atomic E-state index is -3.03. The van der Waals surface area contributed by atoms with E-state index in [9.17, 15) is 13.2 Å². The van der Waals surface area contributed by atoms with Crippen LogP contribution in [0, 0.1) is 13.8 Å². The molecule has 1 saturated heterocycles. The van der Waals surface area contributed by atoms with Crippen LogP contribution in [-0.4, -0.2) is 42.2 Å². The Hall–Kier alpha value is -2.35. The molecular formula is C17H21N3O4S. The van der Waals surface area contributed by atoms with Crippen LogP contribution < -0.4 is 10.1 Å². The predicted octanol–water partition coefficient (Wildman–Crippen LogP) is 1.88. The summed E-state index contributed by atoms with van der Waals surface area (Å²) in [7, 11) is -3.03. The molecule has 1 fully saturated rings. The van der Waals surface area contributed by atoms with Crippen molar-refractivity contribution in [1.82, 2.24) is 9.78 Å². The van der Waals surface area contributed by atoms with Crippen molar-refractivity contribution in [3.8, 4) is 5.75 Å². The molecule has 0 saturated carbocycles. The molecule has 1 N–H and O–H groups in total. The highest BCUT2D eigenvalue weighted by atomic mass is 32.2. The molecule has 134 valence electrons. The first-order valence-electron chi connectivity index (χ1n) is 8.09. The number of carbonyl (C=O) groups is 1. The van der Waals surface area contributed by atoms with Crippen molar-refractivity contribution in [2.75, 3.05) is 23.4 Å². The van der Waals surface area contributed by atoms with Crippen LogP contribution in [0.5, 0.6) is 5.75 Å². The van der Waals surface area contributed by atoms with E-state index in [0.717, 1.165) is 11.3 Å². The van der Waals surface area contributed by atoms with E-state index in [1.54, 1.807) is 23.7 Å². The largest absolute Gasteiger partial charge is 0.483 e. The number of hydrogen-bond donors (Lipinski definition) is 1. The lowest BCUT2D eigenvalue weighted by Crippen LogP contribution is -2.24. The van der Waals surface area contributed by atoms with E-state index in [4.69, 9.17) is 4.74 Å². The zero-order valence-corrected chi connectivity index (χ0v) is 15.0. The van der Waals surface area contributed by atoms with E-state index in [1.807, 2.05) is 25.1 Å². The van der Waals surface area contributed by atoms with Gasteiger partial charge < -0.3 is 10.1 Å². The molecule has 0 radical (unpaired) electrons. The minimum absolute atomic E-state index is 0.0523. The van der Waals surface area contributed by atoms with Gasteiger partial charge in [-0.05, 0) is 31.9 Å². The fourth-order valence-electron chi connectivity index (χ4n) is 2.90. The van der Waals surface area contributed by atoms with Gasteiger partial charge in [-0.2, -0.15) is 5.10 Å². The third-order valence-electron chi connectivity index (χ3n) is 4.13. The highest BCUT2D eigenvalue weighted by Gasteiger charge is 2.31. The molecule has 2 aromatic rings. The summed E-state index contributed by atoms with van der Waals surface area (Å²) in [5.41, 5.74) is 1.67. The zero-order chi connectivity index (χ0) is 18.0. The maximum atomic E-state index is 12.2. The van der Waals surface area contributed by atoms with Gasteiger partial charge in [-0.15, -0.1) is 0 Å². The molecule has 1 aromatic heterocycles. The van der Waals surface area contributed by atoms with Crippen LogP contribution in [0.15, 0.2) is 30.3 Å². The standard InChI is InChI=1S/C17H21N3O4S/c1-12-5-3-4-6-15(12)24-10-17(21)18-16-9-13(2)19-20(16)14-7-8-25(22,23)11-14/h3-6,9,14H,7-8,10-11H2,1-2H3,(H,18,21)/t14-/m0/s1. The van der Waals surface area contributed by atoms with E-state index >= 15 is 0 Å². The van der Waals surface area contributed by atoms with Gasteiger partial charge in [-0.25, -0.2) is 13.1 Å². The Morgan fingerprint density at radius 3 is 2.80 bits per heavy atom. The van der Waals surface area contributed by atoms with Crippen LogP contribution in [0.2, 0.25) is 0 Å². The molecule has 1 atom stereocenters. The van der Waals surface area contributed by atoms with Gasteiger partial charge in [0.15, 0.2) is 16.4 Å². The highest BCUT2D eigenvalue weighted by Crippen LogP contribution is 2.27. The van der Waals surface area contributed by atoms with Crippen LogP contribution in [0.25, 0.3) is 0 Å². The molecule has 0 unspecified atom stereocenters. The lowest BCUT2D eigenvalue weighted by Gasteiger charge is -2.14. The molecule has 1 amide bonds. The van der Waals surface area contributed by atoms with Crippen molar-refractivity contribution in [3.63, 3.8) is 0 Å². The maximum absolute atomic E-state index is 12.2. The lowest BCUT2D eigenvalue weighted by atomic mass is 10.2. The summed E-state index contributed by atoms with van der Waals surface area (Å²) < 4.78 is 30.5. The van der Waals surface area contributed by atoms with Crippen molar-refractivity contribution < 1.29 is 17.9 Å². The Morgan fingerprint density at radius 1 is 1.36 bits per heavy atom. The summed E-state index contributed by atoms with van der Waals surface area (Å²) in [6, 6.07) is 8.95. The van der Waals surface area contributed by atoms with Gasteiger partial charge in [0.25, 0.3) is 5.91 Å². The number of para-hydroxylation sites is 1. The van der Waals surface area contributed by atoms with Crippen LogP contribution in [-0.2, 0) is 14.6 Å². The van der Waals surface area contributed by atoms with E-state index in [1.165, 1.54) is 0 Å². The molecule has 0 spiro atoms. The number of nitrogens with zero attached hydrogens (tertiary/aromatic N) is 2. The number of carbonyl (C=O) groups excluding carboxylic acids is 1. The lowest BCUT2D eigenvalue weighted by molar-refractivity contribution is -0.118. The molecule has 2 heterocycles. The number of nitrogens with one attached hydrogen (secondary N) is 1. The molecule has 0 bridgehead atoms. The number of amides is 1. The molecule has 1 aliphatic rings.